The summed E-state index contributed by atoms with van der Waals surface area (Å²) in [6.07, 6.45) is 2.96. The molecular weight excluding hydrogens is 242 g/mol. The van der Waals surface area contributed by atoms with E-state index in [2.05, 4.69) is 4.98 Å². The molecule has 0 aromatic carbocycles. The molecule has 0 N–H and O–H groups in total. The molecule has 0 unspecified atom stereocenters. The minimum absolute atomic E-state index is 0.136. The second-order valence-corrected chi connectivity index (χ2v) is 3.80. The van der Waals surface area contributed by atoms with Crippen LogP contribution in [0.5, 0.6) is 0 Å². The highest BCUT2D eigenvalue weighted by molar-refractivity contribution is 7.10. The zero-order chi connectivity index (χ0) is 12.7. The molecule has 0 saturated carbocycles. The van der Waals surface area contributed by atoms with Crippen LogP contribution >= 0.6 is 11.3 Å². The number of esters is 2. The van der Waals surface area contributed by atoms with Crippen LogP contribution in [0.4, 0.5) is 0 Å². The van der Waals surface area contributed by atoms with Gasteiger partial charge in [-0.25, -0.2) is 14.6 Å². The average Bonchev–Trinajstić information content (AvgIpc) is 2.79. The van der Waals surface area contributed by atoms with E-state index in [-0.39, 0.29) is 18.8 Å². The first-order valence-corrected chi connectivity index (χ1v) is 6.02. The Morgan fingerprint density at radius 2 is 1.88 bits per heavy atom. The van der Waals surface area contributed by atoms with E-state index < -0.39 is 11.9 Å². The van der Waals surface area contributed by atoms with Crippen molar-refractivity contribution in [3.05, 3.63) is 22.2 Å². The number of thiazole rings is 1. The summed E-state index contributed by atoms with van der Waals surface area (Å²) < 4.78 is 9.58. The maximum Gasteiger partial charge on any atom is 0.345 e. The Balaban J connectivity index is 2.93. The molecule has 0 saturated heterocycles. The first-order chi connectivity index (χ1) is 8.19. The van der Waals surface area contributed by atoms with Crippen LogP contribution in [0, 0.1) is 0 Å². The van der Waals surface area contributed by atoms with Gasteiger partial charge >= 0.3 is 11.9 Å². The highest BCUT2D eigenvalue weighted by Crippen LogP contribution is 2.12. The van der Waals surface area contributed by atoms with Crippen LogP contribution in [-0.2, 0) is 19.1 Å². The predicted molar refractivity (Wildman–Crippen MR) is 63.4 cm³/mol. The van der Waals surface area contributed by atoms with E-state index in [0.717, 1.165) is 0 Å². The van der Waals surface area contributed by atoms with E-state index in [1.807, 2.05) is 0 Å². The number of hydrogen-bond acceptors (Lipinski definition) is 6. The third kappa shape index (κ3) is 3.99. The van der Waals surface area contributed by atoms with Crippen molar-refractivity contribution in [1.29, 1.82) is 0 Å². The van der Waals surface area contributed by atoms with E-state index in [0.29, 0.717) is 5.01 Å². The summed E-state index contributed by atoms with van der Waals surface area (Å²) in [6, 6.07) is 0. The summed E-state index contributed by atoms with van der Waals surface area (Å²) in [6.45, 7) is 3.75. The van der Waals surface area contributed by atoms with Crippen LogP contribution in [0.1, 0.15) is 18.9 Å². The van der Waals surface area contributed by atoms with Gasteiger partial charge in [-0.2, -0.15) is 0 Å². The lowest BCUT2D eigenvalue weighted by Crippen LogP contribution is -2.18. The van der Waals surface area contributed by atoms with Crippen molar-refractivity contribution in [1.82, 2.24) is 4.98 Å². The number of carbonyl (C=O) groups excluding carboxylic acids is 2. The van der Waals surface area contributed by atoms with E-state index in [9.17, 15) is 9.59 Å². The van der Waals surface area contributed by atoms with Crippen molar-refractivity contribution in [3.63, 3.8) is 0 Å². The molecule has 1 aromatic heterocycles. The molecule has 0 fully saturated rings. The lowest BCUT2D eigenvalue weighted by Gasteiger charge is -2.05. The van der Waals surface area contributed by atoms with E-state index in [1.165, 1.54) is 17.4 Å². The molecule has 1 rings (SSSR count). The minimum atomic E-state index is -0.693. The zero-order valence-corrected chi connectivity index (χ0v) is 10.5. The minimum Gasteiger partial charge on any atom is -0.462 e. The SMILES string of the molecule is CCOC(=O)C(=Cc1nccs1)C(=O)OCC. The maximum absolute atomic E-state index is 11.6. The molecule has 0 aliphatic heterocycles. The van der Waals surface area contributed by atoms with Crippen molar-refractivity contribution in [2.24, 2.45) is 0 Å². The zero-order valence-electron chi connectivity index (χ0n) is 9.63. The summed E-state index contributed by atoms with van der Waals surface area (Å²) in [4.78, 5) is 27.1. The summed E-state index contributed by atoms with van der Waals surface area (Å²) in [5, 5.41) is 2.31. The van der Waals surface area contributed by atoms with Crippen LogP contribution in [-0.4, -0.2) is 30.1 Å². The fourth-order valence-corrected chi connectivity index (χ4v) is 1.62. The van der Waals surface area contributed by atoms with Crippen LogP contribution in [0.2, 0.25) is 0 Å². The fraction of sp³-hybridized carbons (Fsp3) is 0.364. The van der Waals surface area contributed by atoms with E-state index >= 15 is 0 Å². The number of aromatic nitrogens is 1. The Morgan fingerprint density at radius 1 is 1.29 bits per heavy atom. The second kappa shape index (κ2) is 6.80. The molecular formula is C11H13NO4S. The lowest BCUT2D eigenvalue weighted by atomic mass is 10.2. The quantitative estimate of drug-likeness (QED) is 0.346. The third-order valence-corrected chi connectivity index (χ3v) is 2.43. The van der Waals surface area contributed by atoms with Crippen molar-refractivity contribution in [2.75, 3.05) is 13.2 Å². The molecule has 6 heteroatoms. The van der Waals surface area contributed by atoms with Crippen LogP contribution in [0.3, 0.4) is 0 Å². The molecule has 17 heavy (non-hydrogen) atoms. The number of rotatable bonds is 5. The van der Waals surface area contributed by atoms with E-state index in [1.54, 1.807) is 25.4 Å². The maximum atomic E-state index is 11.6. The van der Waals surface area contributed by atoms with Gasteiger partial charge in [0.05, 0.1) is 13.2 Å². The Labute approximate surface area is 103 Å². The largest absolute Gasteiger partial charge is 0.462 e. The van der Waals surface area contributed by atoms with Crippen molar-refractivity contribution in [2.45, 2.75) is 13.8 Å². The van der Waals surface area contributed by atoms with Gasteiger partial charge in [0.25, 0.3) is 0 Å². The average molecular weight is 255 g/mol. The molecule has 0 amide bonds. The molecule has 1 heterocycles. The van der Waals surface area contributed by atoms with Crippen molar-refractivity contribution >= 4 is 29.4 Å². The van der Waals surface area contributed by atoms with Gasteiger partial charge in [-0.05, 0) is 19.9 Å². The Morgan fingerprint density at radius 3 is 2.29 bits per heavy atom. The second-order valence-electron chi connectivity index (χ2n) is 2.87. The fourth-order valence-electron chi connectivity index (χ4n) is 1.05. The summed E-state index contributed by atoms with van der Waals surface area (Å²) in [7, 11) is 0. The molecule has 0 aliphatic rings. The Hall–Kier alpha value is -1.69. The summed E-state index contributed by atoms with van der Waals surface area (Å²) in [5.41, 5.74) is -0.136. The van der Waals surface area contributed by atoms with Gasteiger partial charge in [-0.1, -0.05) is 0 Å². The topological polar surface area (TPSA) is 65.5 Å². The highest BCUT2D eigenvalue weighted by Gasteiger charge is 2.21. The first kappa shape index (κ1) is 13.4. The van der Waals surface area contributed by atoms with Crippen LogP contribution < -0.4 is 0 Å². The van der Waals surface area contributed by atoms with Gasteiger partial charge in [-0.15, -0.1) is 11.3 Å². The van der Waals surface area contributed by atoms with Crippen molar-refractivity contribution < 1.29 is 19.1 Å². The Kier molecular flexibility index (Phi) is 5.35. The van der Waals surface area contributed by atoms with Crippen LogP contribution in [0.15, 0.2) is 17.2 Å². The van der Waals surface area contributed by atoms with Gasteiger partial charge in [0.2, 0.25) is 0 Å². The third-order valence-electron chi connectivity index (χ3n) is 1.71. The molecule has 0 radical (unpaired) electrons. The van der Waals surface area contributed by atoms with Crippen LogP contribution in [0.25, 0.3) is 6.08 Å². The molecule has 92 valence electrons. The van der Waals surface area contributed by atoms with Crippen molar-refractivity contribution in [3.8, 4) is 0 Å². The predicted octanol–water partition coefficient (Wildman–Crippen LogP) is 1.65. The smallest absolute Gasteiger partial charge is 0.345 e. The molecule has 5 nitrogen and oxygen atoms in total. The lowest BCUT2D eigenvalue weighted by molar-refractivity contribution is -0.146. The van der Waals surface area contributed by atoms with Gasteiger partial charge in [0.15, 0.2) is 0 Å². The number of ether oxygens (including phenoxy) is 2. The molecule has 0 spiro atoms. The van der Waals surface area contributed by atoms with Gasteiger partial charge < -0.3 is 9.47 Å². The molecule has 0 atom stereocenters. The van der Waals surface area contributed by atoms with Gasteiger partial charge in [0.1, 0.15) is 10.6 Å². The molecule has 0 bridgehead atoms. The monoisotopic (exact) mass is 255 g/mol. The van der Waals surface area contributed by atoms with E-state index in [4.69, 9.17) is 9.47 Å². The Bertz CT molecular complexity index is 391. The first-order valence-electron chi connectivity index (χ1n) is 5.14. The number of hydrogen-bond donors (Lipinski definition) is 0. The summed E-state index contributed by atoms with van der Waals surface area (Å²) >= 11 is 1.32. The number of nitrogens with zero attached hydrogens (tertiary/aromatic N) is 1. The number of carbonyl (C=O) groups is 2. The molecule has 1 aromatic rings. The van der Waals surface area contributed by atoms with Gasteiger partial charge in [-0.3, -0.25) is 0 Å². The highest BCUT2D eigenvalue weighted by atomic mass is 32.1. The summed E-state index contributed by atoms with van der Waals surface area (Å²) in [5.74, 6) is -1.39. The standard InChI is InChI=1S/C11H13NO4S/c1-3-15-10(13)8(11(14)16-4-2)7-9-12-5-6-17-9/h5-7H,3-4H2,1-2H3. The normalized spacial score (nSPS) is 9.53. The van der Waals surface area contributed by atoms with Gasteiger partial charge in [0, 0.05) is 11.6 Å². The molecule has 0 aliphatic carbocycles.